The van der Waals surface area contributed by atoms with Gasteiger partial charge < -0.3 is 23.5 Å². The van der Waals surface area contributed by atoms with Crippen LogP contribution in [-0.2, 0) is 0 Å². The molecule has 0 fully saturated rings. The summed E-state index contributed by atoms with van der Waals surface area (Å²) in [6, 6.07) is 36.0. The van der Waals surface area contributed by atoms with Crippen LogP contribution in [0.25, 0.3) is 27.5 Å². The Morgan fingerprint density at radius 2 is 0.977 bits per heavy atom. The average molecular weight is 549 g/mol. The Morgan fingerprint density at radius 1 is 0.419 bits per heavy atom. The molecule has 43 heavy (non-hydrogen) atoms. The summed E-state index contributed by atoms with van der Waals surface area (Å²) in [4.78, 5) is 0. The van der Waals surface area contributed by atoms with Crippen LogP contribution in [0.4, 0.5) is 0 Å². The third-order valence-electron chi connectivity index (χ3n) is 9.97. The van der Waals surface area contributed by atoms with E-state index in [0.717, 1.165) is 79.0 Å². The molecule has 0 spiro atoms. The lowest BCUT2D eigenvalue weighted by atomic mass is 9.31. The summed E-state index contributed by atoms with van der Waals surface area (Å²) in [6.07, 6.45) is 0. The Hall–Kier alpha value is -5.55. The van der Waals surface area contributed by atoms with E-state index < -0.39 is 0 Å². The standard InChI is InChI=1S/C36H17B2NO4/c1-2-7-22-18(6-1)19-14-15-29-35-36(19)39(22)23-8-3-9-24-32(23)37(35)20-16-21-31(17-30(20)42-24)43-28-13-5-11-26-34(28)38(21)33-25(40-26)10-4-12-27(33)41-29/h1-17H. The zero-order valence-corrected chi connectivity index (χ0v) is 22.5. The summed E-state index contributed by atoms with van der Waals surface area (Å²) in [5.74, 6) is 6.57. The van der Waals surface area contributed by atoms with E-state index in [1.807, 2.05) is 30.3 Å². The highest BCUT2D eigenvalue weighted by atomic mass is 16.5. The summed E-state index contributed by atoms with van der Waals surface area (Å²) in [5.41, 5.74) is 10.1. The molecule has 5 aliphatic heterocycles. The number of hydrogen-bond donors (Lipinski definition) is 0. The van der Waals surface area contributed by atoms with E-state index in [1.165, 1.54) is 27.3 Å². The highest BCUT2D eigenvalue weighted by molar-refractivity contribution is 7.02. The monoisotopic (exact) mass is 549 g/mol. The Bertz CT molecular complexity index is 2500. The van der Waals surface area contributed by atoms with Gasteiger partial charge in [0.05, 0.1) is 11.0 Å². The molecule has 5 aliphatic rings. The van der Waals surface area contributed by atoms with E-state index in [-0.39, 0.29) is 13.4 Å². The van der Waals surface area contributed by atoms with Crippen molar-refractivity contribution in [3.05, 3.63) is 103 Å². The van der Waals surface area contributed by atoms with Crippen molar-refractivity contribution in [3.8, 4) is 51.7 Å². The summed E-state index contributed by atoms with van der Waals surface area (Å²) < 4.78 is 29.4. The van der Waals surface area contributed by atoms with Crippen LogP contribution < -0.4 is 51.7 Å². The maximum absolute atomic E-state index is 7.09. The van der Waals surface area contributed by atoms with Crippen molar-refractivity contribution in [3.63, 3.8) is 0 Å². The third-order valence-corrected chi connectivity index (χ3v) is 9.97. The van der Waals surface area contributed by atoms with Gasteiger partial charge in [0.25, 0.3) is 13.4 Å². The summed E-state index contributed by atoms with van der Waals surface area (Å²) >= 11 is 0. The van der Waals surface area contributed by atoms with Gasteiger partial charge in [-0.2, -0.15) is 0 Å². The van der Waals surface area contributed by atoms with E-state index in [2.05, 4.69) is 77.4 Å². The Kier molecular flexibility index (Phi) is 3.40. The fourth-order valence-electron chi connectivity index (χ4n) is 8.37. The molecule has 6 heterocycles. The van der Waals surface area contributed by atoms with Crippen LogP contribution in [0.1, 0.15) is 0 Å². The van der Waals surface area contributed by atoms with Gasteiger partial charge in [-0.3, -0.25) is 0 Å². The Balaban J connectivity index is 1.30. The SMILES string of the molecule is c1cc2c3c(c1)Oc1cccc4c1B3c1cc3c(cc1O2)Oc1cccc2c1B3c1c(ccc3c5ccccc5n-2c13)O4. The van der Waals surface area contributed by atoms with Crippen molar-refractivity contribution in [2.45, 2.75) is 0 Å². The van der Waals surface area contributed by atoms with Gasteiger partial charge in [0.1, 0.15) is 46.0 Å². The van der Waals surface area contributed by atoms with Crippen molar-refractivity contribution in [1.29, 1.82) is 0 Å². The molecule has 12 rings (SSSR count). The smallest absolute Gasteiger partial charge is 0.265 e. The lowest BCUT2D eigenvalue weighted by molar-refractivity contribution is 0.451. The molecule has 0 unspecified atom stereocenters. The molecular weight excluding hydrogens is 532 g/mol. The molecule has 7 heteroatoms. The number of aromatic nitrogens is 1. The molecular formula is C36H17B2NO4. The zero-order valence-electron chi connectivity index (χ0n) is 22.5. The molecule has 196 valence electrons. The van der Waals surface area contributed by atoms with E-state index in [4.69, 9.17) is 18.9 Å². The van der Waals surface area contributed by atoms with Crippen molar-refractivity contribution in [2.24, 2.45) is 0 Å². The van der Waals surface area contributed by atoms with E-state index in [9.17, 15) is 0 Å². The second-order valence-corrected chi connectivity index (χ2v) is 12.0. The normalized spacial score (nSPS) is 14.7. The van der Waals surface area contributed by atoms with Crippen molar-refractivity contribution in [1.82, 2.24) is 4.57 Å². The van der Waals surface area contributed by atoms with Crippen molar-refractivity contribution in [2.75, 3.05) is 0 Å². The molecule has 0 N–H and O–H groups in total. The first-order valence-electron chi connectivity index (χ1n) is 14.7. The first-order valence-corrected chi connectivity index (χ1v) is 14.7. The van der Waals surface area contributed by atoms with Crippen LogP contribution in [0.15, 0.2) is 103 Å². The first kappa shape index (κ1) is 21.2. The van der Waals surface area contributed by atoms with Gasteiger partial charge in [-0.15, -0.1) is 0 Å². The number of benzene rings is 6. The zero-order chi connectivity index (χ0) is 27.6. The minimum Gasteiger partial charge on any atom is -0.458 e. The second-order valence-electron chi connectivity index (χ2n) is 12.0. The molecule has 0 amide bonds. The van der Waals surface area contributed by atoms with Crippen LogP contribution in [0.2, 0.25) is 0 Å². The van der Waals surface area contributed by atoms with E-state index in [1.54, 1.807) is 0 Å². The number of para-hydroxylation sites is 1. The average Bonchev–Trinajstić information content (AvgIpc) is 3.37. The maximum atomic E-state index is 7.09. The van der Waals surface area contributed by atoms with Gasteiger partial charge in [-0.25, -0.2) is 0 Å². The Labute approximate surface area is 246 Å². The lowest BCUT2D eigenvalue weighted by Gasteiger charge is -2.38. The predicted molar refractivity (Wildman–Crippen MR) is 170 cm³/mol. The highest BCUT2D eigenvalue weighted by Crippen LogP contribution is 2.43. The molecule has 0 atom stereocenters. The van der Waals surface area contributed by atoms with Gasteiger partial charge >= 0.3 is 0 Å². The van der Waals surface area contributed by atoms with E-state index >= 15 is 0 Å². The van der Waals surface area contributed by atoms with Crippen molar-refractivity contribution < 1.29 is 18.9 Å². The number of hydrogen-bond acceptors (Lipinski definition) is 4. The van der Waals surface area contributed by atoms with Gasteiger partial charge in [0.15, 0.2) is 0 Å². The van der Waals surface area contributed by atoms with Crippen LogP contribution in [0.5, 0.6) is 46.0 Å². The topological polar surface area (TPSA) is 41.9 Å². The second kappa shape index (κ2) is 6.90. The van der Waals surface area contributed by atoms with Gasteiger partial charge in [-0.05, 0) is 76.4 Å². The molecule has 0 saturated heterocycles. The number of fused-ring (bicyclic) bond motifs is 4. The molecule has 0 radical (unpaired) electrons. The summed E-state index contributed by atoms with van der Waals surface area (Å²) in [6.45, 7) is -0.172. The predicted octanol–water partition coefficient (Wildman–Crippen LogP) is 4.55. The maximum Gasteiger partial charge on any atom is 0.265 e. The molecule has 1 aromatic heterocycles. The fraction of sp³-hybridized carbons (Fsp3) is 0. The number of nitrogens with zero attached hydrogens (tertiary/aromatic N) is 1. The van der Waals surface area contributed by atoms with Crippen molar-refractivity contribution >= 4 is 68.0 Å². The molecule has 6 aromatic carbocycles. The fourth-order valence-corrected chi connectivity index (χ4v) is 8.37. The van der Waals surface area contributed by atoms with E-state index in [0.29, 0.717) is 0 Å². The van der Waals surface area contributed by atoms with Crippen LogP contribution in [-0.4, -0.2) is 18.0 Å². The minimum atomic E-state index is -0.0999. The molecule has 0 saturated carbocycles. The molecule has 7 aromatic rings. The van der Waals surface area contributed by atoms with Crippen LogP contribution >= 0.6 is 0 Å². The van der Waals surface area contributed by atoms with Gasteiger partial charge in [0, 0.05) is 33.5 Å². The first-order chi connectivity index (χ1) is 21.3. The molecule has 2 bridgehead atoms. The largest absolute Gasteiger partial charge is 0.458 e. The summed E-state index contributed by atoms with van der Waals surface area (Å²) in [7, 11) is 0. The molecule has 5 nitrogen and oxygen atoms in total. The molecule has 0 aliphatic carbocycles. The quantitative estimate of drug-likeness (QED) is 0.261. The minimum absolute atomic E-state index is 0.0722. The van der Waals surface area contributed by atoms with Crippen LogP contribution in [0, 0.1) is 0 Å². The highest BCUT2D eigenvalue weighted by Gasteiger charge is 2.47. The number of ether oxygens (including phenoxy) is 4. The van der Waals surface area contributed by atoms with Gasteiger partial charge in [-0.1, -0.05) is 42.5 Å². The van der Waals surface area contributed by atoms with Crippen LogP contribution in [0.3, 0.4) is 0 Å². The lowest BCUT2D eigenvalue weighted by Crippen LogP contribution is -2.63. The number of rotatable bonds is 0. The Morgan fingerprint density at radius 3 is 1.67 bits per heavy atom. The summed E-state index contributed by atoms with van der Waals surface area (Å²) in [5, 5.41) is 2.44. The third kappa shape index (κ3) is 2.32. The van der Waals surface area contributed by atoms with Gasteiger partial charge in [0.2, 0.25) is 0 Å².